The lowest BCUT2D eigenvalue weighted by atomic mass is 9.96. The maximum absolute atomic E-state index is 5.79. The highest BCUT2D eigenvalue weighted by molar-refractivity contribution is 4.98. The molecule has 1 aliphatic carbocycles. The first kappa shape index (κ1) is 15.3. The molecular formula is C16H32N2O. The minimum atomic E-state index is 0.271. The van der Waals surface area contributed by atoms with Gasteiger partial charge in [0, 0.05) is 37.8 Å². The van der Waals surface area contributed by atoms with Crippen LogP contribution in [0.15, 0.2) is 0 Å². The summed E-state index contributed by atoms with van der Waals surface area (Å²) in [6.07, 6.45) is 4.03. The van der Waals surface area contributed by atoms with Gasteiger partial charge in [-0.2, -0.15) is 0 Å². The van der Waals surface area contributed by atoms with Gasteiger partial charge in [-0.15, -0.1) is 0 Å². The fourth-order valence-electron chi connectivity index (χ4n) is 2.85. The number of hydrogen-bond acceptors (Lipinski definition) is 3. The number of ether oxygens (including phenoxy) is 1. The third kappa shape index (κ3) is 4.73. The molecule has 1 saturated carbocycles. The van der Waals surface area contributed by atoms with Crippen LogP contribution in [0.5, 0.6) is 0 Å². The van der Waals surface area contributed by atoms with E-state index < -0.39 is 0 Å². The molecule has 0 aromatic carbocycles. The second-order valence-electron chi connectivity index (χ2n) is 7.38. The van der Waals surface area contributed by atoms with Crippen molar-refractivity contribution >= 4 is 0 Å². The van der Waals surface area contributed by atoms with Gasteiger partial charge < -0.3 is 10.1 Å². The molecule has 2 aliphatic rings. The Morgan fingerprint density at radius 3 is 2.63 bits per heavy atom. The smallest absolute Gasteiger partial charge is 0.0593 e. The van der Waals surface area contributed by atoms with E-state index in [0.29, 0.717) is 0 Å². The summed E-state index contributed by atoms with van der Waals surface area (Å²) in [4.78, 5) is 2.63. The first-order chi connectivity index (χ1) is 8.99. The van der Waals surface area contributed by atoms with E-state index in [9.17, 15) is 0 Å². The third-order valence-electron chi connectivity index (χ3n) is 4.61. The fraction of sp³-hybridized carbons (Fsp3) is 1.00. The fourth-order valence-corrected chi connectivity index (χ4v) is 2.85. The molecule has 1 atom stereocenters. The van der Waals surface area contributed by atoms with Gasteiger partial charge in [-0.1, -0.05) is 13.8 Å². The van der Waals surface area contributed by atoms with Crippen LogP contribution in [-0.4, -0.2) is 49.3 Å². The van der Waals surface area contributed by atoms with Gasteiger partial charge in [-0.05, 0) is 44.9 Å². The van der Waals surface area contributed by atoms with E-state index in [1.165, 1.54) is 25.8 Å². The Hall–Kier alpha value is -0.120. The highest BCUT2D eigenvalue weighted by atomic mass is 16.5. The van der Waals surface area contributed by atoms with Gasteiger partial charge in [0.25, 0.3) is 0 Å². The van der Waals surface area contributed by atoms with Crippen LogP contribution >= 0.6 is 0 Å². The Kier molecular flexibility index (Phi) is 5.27. The highest BCUT2D eigenvalue weighted by Gasteiger charge is 2.39. The predicted octanol–water partition coefficient (Wildman–Crippen LogP) is 2.51. The lowest BCUT2D eigenvalue weighted by molar-refractivity contribution is 0.0235. The van der Waals surface area contributed by atoms with Gasteiger partial charge in [-0.25, -0.2) is 0 Å². The Bertz CT molecular complexity index is 274. The van der Waals surface area contributed by atoms with E-state index >= 15 is 0 Å². The molecule has 0 aromatic heterocycles. The number of rotatable bonds is 7. The van der Waals surface area contributed by atoms with Crippen LogP contribution < -0.4 is 5.32 Å². The molecule has 0 amide bonds. The summed E-state index contributed by atoms with van der Waals surface area (Å²) in [6.45, 7) is 14.4. The van der Waals surface area contributed by atoms with Crippen molar-refractivity contribution < 1.29 is 4.74 Å². The zero-order valence-corrected chi connectivity index (χ0v) is 13.2. The van der Waals surface area contributed by atoms with Gasteiger partial charge in [0.15, 0.2) is 0 Å². The van der Waals surface area contributed by atoms with Crippen molar-refractivity contribution in [3.05, 3.63) is 0 Å². The molecule has 0 spiro atoms. The Labute approximate surface area is 119 Å². The number of hydrogen-bond donors (Lipinski definition) is 1. The van der Waals surface area contributed by atoms with E-state index in [1.54, 1.807) is 0 Å². The molecule has 0 radical (unpaired) electrons. The maximum Gasteiger partial charge on any atom is 0.0593 e. The van der Waals surface area contributed by atoms with Crippen molar-refractivity contribution in [2.45, 2.75) is 58.5 Å². The first-order valence-corrected chi connectivity index (χ1v) is 8.05. The van der Waals surface area contributed by atoms with Crippen LogP contribution in [0, 0.1) is 11.8 Å². The molecule has 3 nitrogen and oxygen atoms in total. The molecule has 1 heterocycles. The summed E-state index contributed by atoms with van der Waals surface area (Å²) in [6, 6.07) is 0.726. The summed E-state index contributed by atoms with van der Waals surface area (Å²) < 4.78 is 5.79. The second-order valence-corrected chi connectivity index (χ2v) is 7.38. The number of nitrogens with one attached hydrogen (secondary N) is 1. The molecule has 1 aliphatic heterocycles. The summed E-state index contributed by atoms with van der Waals surface area (Å²) in [7, 11) is 0. The average molecular weight is 268 g/mol. The molecule has 1 unspecified atom stereocenters. The molecule has 112 valence electrons. The minimum absolute atomic E-state index is 0.271. The second kappa shape index (κ2) is 6.55. The van der Waals surface area contributed by atoms with Gasteiger partial charge in [-0.3, -0.25) is 4.90 Å². The molecule has 2 fully saturated rings. The molecule has 1 N–H and O–H groups in total. The van der Waals surface area contributed by atoms with Crippen molar-refractivity contribution in [1.29, 1.82) is 0 Å². The van der Waals surface area contributed by atoms with E-state index in [0.717, 1.165) is 44.2 Å². The van der Waals surface area contributed by atoms with Crippen molar-refractivity contribution in [2.75, 3.05) is 32.8 Å². The summed E-state index contributed by atoms with van der Waals surface area (Å²) in [5.74, 6) is 1.69. The van der Waals surface area contributed by atoms with Gasteiger partial charge in [0.2, 0.25) is 0 Å². The normalized spacial score (nSPS) is 27.9. The SMILES string of the molecule is CC(C)CCOCCN1CC(C2CC2)NCC1(C)C. The molecule has 3 heteroatoms. The summed E-state index contributed by atoms with van der Waals surface area (Å²) >= 11 is 0. The van der Waals surface area contributed by atoms with Crippen LogP contribution in [0.25, 0.3) is 0 Å². The van der Waals surface area contributed by atoms with Gasteiger partial charge in [0.05, 0.1) is 6.61 Å². The van der Waals surface area contributed by atoms with Crippen molar-refractivity contribution in [3.63, 3.8) is 0 Å². The third-order valence-corrected chi connectivity index (χ3v) is 4.61. The standard InChI is InChI=1S/C16H32N2O/c1-13(2)7-9-19-10-8-18-11-15(14-5-6-14)17-12-16(18,3)4/h13-15,17H,5-12H2,1-4H3. The van der Waals surface area contributed by atoms with E-state index in [-0.39, 0.29) is 5.54 Å². The van der Waals surface area contributed by atoms with Crippen molar-refractivity contribution in [1.82, 2.24) is 10.2 Å². The molecule has 19 heavy (non-hydrogen) atoms. The highest BCUT2D eigenvalue weighted by Crippen LogP contribution is 2.35. The molecule has 0 bridgehead atoms. The lowest BCUT2D eigenvalue weighted by Gasteiger charge is -2.46. The topological polar surface area (TPSA) is 24.5 Å². The maximum atomic E-state index is 5.79. The Balaban J connectivity index is 1.69. The molecule has 2 rings (SSSR count). The average Bonchev–Trinajstić information content (AvgIpc) is 3.14. The van der Waals surface area contributed by atoms with E-state index in [1.807, 2.05) is 0 Å². The van der Waals surface area contributed by atoms with Gasteiger partial charge in [0.1, 0.15) is 0 Å². The van der Waals surface area contributed by atoms with Crippen LogP contribution in [0.1, 0.15) is 47.0 Å². The number of piperazine rings is 1. The van der Waals surface area contributed by atoms with Crippen LogP contribution in [0.3, 0.4) is 0 Å². The van der Waals surface area contributed by atoms with E-state index in [4.69, 9.17) is 4.74 Å². The lowest BCUT2D eigenvalue weighted by Crippen LogP contribution is -2.63. The monoisotopic (exact) mass is 268 g/mol. The zero-order chi connectivity index (χ0) is 13.9. The molecule has 1 saturated heterocycles. The molecular weight excluding hydrogens is 236 g/mol. The minimum Gasteiger partial charge on any atom is -0.380 e. The van der Waals surface area contributed by atoms with Crippen LogP contribution in [0.2, 0.25) is 0 Å². The van der Waals surface area contributed by atoms with Crippen molar-refractivity contribution in [3.8, 4) is 0 Å². The molecule has 0 aromatic rings. The van der Waals surface area contributed by atoms with Crippen LogP contribution in [-0.2, 0) is 4.74 Å². The summed E-state index contributed by atoms with van der Waals surface area (Å²) in [5, 5.41) is 3.74. The predicted molar refractivity (Wildman–Crippen MR) is 80.4 cm³/mol. The number of nitrogens with zero attached hydrogens (tertiary/aromatic N) is 1. The van der Waals surface area contributed by atoms with Gasteiger partial charge >= 0.3 is 0 Å². The van der Waals surface area contributed by atoms with Crippen molar-refractivity contribution in [2.24, 2.45) is 11.8 Å². The van der Waals surface area contributed by atoms with Crippen LogP contribution in [0.4, 0.5) is 0 Å². The largest absolute Gasteiger partial charge is 0.380 e. The Morgan fingerprint density at radius 1 is 1.26 bits per heavy atom. The zero-order valence-electron chi connectivity index (χ0n) is 13.2. The quantitative estimate of drug-likeness (QED) is 0.718. The van der Waals surface area contributed by atoms with E-state index in [2.05, 4.69) is 37.9 Å². The summed E-state index contributed by atoms with van der Waals surface area (Å²) in [5.41, 5.74) is 0.271. The first-order valence-electron chi connectivity index (χ1n) is 8.05. The Morgan fingerprint density at radius 2 is 2.00 bits per heavy atom.